The smallest absolute Gasteiger partial charge is 0.0560 e. The van der Waals surface area contributed by atoms with Gasteiger partial charge in [-0.05, 0) is 153 Å². The summed E-state index contributed by atoms with van der Waals surface area (Å²) < 4.78 is 0. The first-order valence-corrected chi connectivity index (χ1v) is 26.8. The maximum Gasteiger partial charge on any atom is 0.0560 e. The van der Waals surface area contributed by atoms with Crippen molar-refractivity contribution in [2.45, 2.75) is 83.1 Å². The van der Waals surface area contributed by atoms with Crippen molar-refractivity contribution in [3.8, 4) is 11.1 Å². The van der Waals surface area contributed by atoms with Crippen LogP contribution >= 0.6 is 0 Å². The summed E-state index contributed by atoms with van der Waals surface area (Å²) in [5, 5.41) is 2.52. The molecule has 3 nitrogen and oxygen atoms in total. The summed E-state index contributed by atoms with van der Waals surface area (Å²) in [4.78, 5) is 7.69. The Bertz CT molecular complexity index is 3840. The minimum absolute atomic E-state index is 0.151. The lowest BCUT2D eigenvalue weighted by Crippen LogP contribution is -2.43. The van der Waals surface area contributed by atoms with Gasteiger partial charge in [-0.2, -0.15) is 0 Å². The van der Waals surface area contributed by atoms with E-state index in [0.717, 1.165) is 24.9 Å². The lowest BCUT2D eigenvalue weighted by Gasteiger charge is -2.55. The molecule has 5 aliphatic rings. The first-order valence-electron chi connectivity index (χ1n) is 26.8. The molecule has 0 N–H and O–H groups in total. The standard InChI is InChI=1S/C71H61N3/c1-69(2)58-30-19-31-59-66(58)74-67-60(69)42-50(46-34-38-54(39-35-46)72(52-24-9-7-10-25-52)64-32-17-22-48-20-13-15-28-56(48)64)44-62(67)71(5,6)63-45-51(43-61(68(63)74)70(59,3)4)47-36-40-55(41-37-47)73(53-26-11-8-12-27-53)65-33-18-23-49-21-14-16-29-57(49)65/h7-17,19-22,24-38,40-45,54H,18,23,39H2,1-6H3. The summed E-state index contributed by atoms with van der Waals surface area (Å²) >= 11 is 0. The highest BCUT2D eigenvalue weighted by Gasteiger charge is 2.52. The number of hydrogen-bond donors (Lipinski definition) is 0. The summed E-state index contributed by atoms with van der Waals surface area (Å²) in [5.74, 6) is 0. The Morgan fingerprint density at radius 1 is 0.459 bits per heavy atom. The number of hydrogen-bond acceptors (Lipinski definition) is 3. The van der Waals surface area contributed by atoms with Gasteiger partial charge in [-0.3, -0.25) is 0 Å². The van der Waals surface area contributed by atoms with Gasteiger partial charge in [0.2, 0.25) is 0 Å². The fraction of sp³-hybridized carbons (Fsp3) is 0.183. The average Bonchev–Trinajstić information content (AvgIpc) is 3.63. The van der Waals surface area contributed by atoms with Crippen molar-refractivity contribution in [1.29, 1.82) is 0 Å². The van der Waals surface area contributed by atoms with Gasteiger partial charge in [0.1, 0.15) is 0 Å². The number of benzene rings is 9. The van der Waals surface area contributed by atoms with Crippen LogP contribution in [0, 0.1) is 0 Å². The number of para-hydroxylation sites is 3. The van der Waals surface area contributed by atoms with Crippen LogP contribution in [0.1, 0.15) is 104 Å². The predicted octanol–water partition coefficient (Wildman–Crippen LogP) is 18.6. The van der Waals surface area contributed by atoms with Gasteiger partial charge in [-0.1, -0.05) is 193 Å². The second-order valence-electron chi connectivity index (χ2n) is 22.8. The lowest BCUT2D eigenvalue weighted by atomic mass is 9.60. The van der Waals surface area contributed by atoms with E-state index >= 15 is 0 Å². The van der Waals surface area contributed by atoms with E-state index in [-0.39, 0.29) is 22.3 Å². The number of rotatable bonds is 8. The minimum Gasteiger partial charge on any atom is -0.334 e. The van der Waals surface area contributed by atoms with Gasteiger partial charge >= 0.3 is 0 Å². The highest BCUT2D eigenvalue weighted by Crippen LogP contribution is 2.67. The van der Waals surface area contributed by atoms with Crippen molar-refractivity contribution < 1.29 is 0 Å². The fourth-order valence-electron chi connectivity index (χ4n) is 13.6. The molecule has 1 atom stereocenters. The predicted molar refractivity (Wildman–Crippen MR) is 312 cm³/mol. The quantitative estimate of drug-likeness (QED) is 0.150. The Hall–Kier alpha value is -8.14. The Morgan fingerprint density at radius 2 is 1.00 bits per heavy atom. The van der Waals surface area contributed by atoms with E-state index in [0.29, 0.717) is 0 Å². The van der Waals surface area contributed by atoms with Crippen LogP contribution in [-0.2, 0) is 22.7 Å². The monoisotopic (exact) mass is 955 g/mol. The number of aryl methyl sites for hydroxylation is 1. The third-order valence-electron chi connectivity index (χ3n) is 17.5. The zero-order chi connectivity index (χ0) is 50.1. The van der Waals surface area contributed by atoms with Crippen LogP contribution in [0.15, 0.2) is 218 Å². The third kappa shape index (κ3) is 6.58. The summed E-state index contributed by atoms with van der Waals surface area (Å²) in [6.45, 7) is 14.8. The molecule has 360 valence electrons. The van der Waals surface area contributed by atoms with E-state index in [9.17, 15) is 0 Å². The SMILES string of the molecule is CC1(C)c2cccc3c2N2c4c1cc(C1=CCC(N(c5ccccc5)c5cccc6ccccc56)C=C1)cc4C(C)(C)c1cc(-c4ccc(N(C5=CCCc6ccccc65)c5ccccc5)cc4)cc(c12)C3(C)C. The molecule has 0 spiro atoms. The highest BCUT2D eigenvalue weighted by molar-refractivity contribution is 6.01. The Balaban J connectivity index is 0.887. The second-order valence-corrected chi connectivity index (χ2v) is 22.8. The number of nitrogens with zero attached hydrogens (tertiary/aromatic N) is 3. The Labute approximate surface area is 437 Å². The van der Waals surface area contributed by atoms with Gasteiger partial charge in [0.25, 0.3) is 0 Å². The molecule has 1 unspecified atom stereocenters. The largest absolute Gasteiger partial charge is 0.334 e. The van der Waals surface area contributed by atoms with E-state index in [1.807, 2.05) is 0 Å². The number of anilines is 7. The van der Waals surface area contributed by atoms with Crippen LogP contribution in [0.4, 0.5) is 39.8 Å². The van der Waals surface area contributed by atoms with Gasteiger partial charge < -0.3 is 14.7 Å². The van der Waals surface area contributed by atoms with Crippen molar-refractivity contribution in [3.63, 3.8) is 0 Å². The summed E-state index contributed by atoms with van der Waals surface area (Å²) in [7, 11) is 0. The molecule has 3 aliphatic heterocycles. The van der Waals surface area contributed by atoms with Crippen molar-refractivity contribution in [1.82, 2.24) is 0 Å². The lowest BCUT2D eigenvalue weighted by molar-refractivity contribution is 0.566. The summed E-state index contributed by atoms with van der Waals surface area (Å²) in [6.07, 6.45) is 12.8. The van der Waals surface area contributed by atoms with Crippen LogP contribution in [-0.4, -0.2) is 6.04 Å². The molecule has 0 saturated carbocycles. The van der Waals surface area contributed by atoms with Crippen LogP contribution in [0.25, 0.3) is 33.2 Å². The molecular formula is C71H61N3. The van der Waals surface area contributed by atoms with E-state index in [1.165, 1.54) is 117 Å². The van der Waals surface area contributed by atoms with Crippen LogP contribution in [0.5, 0.6) is 0 Å². The number of fused-ring (bicyclic) bond motifs is 2. The van der Waals surface area contributed by atoms with Gasteiger partial charge in [0, 0.05) is 55.6 Å². The topological polar surface area (TPSA) is 9.72 Å². The zero-order valence-corrected chi connectivity index (χ0v) is 43.3. The average molecular weight is 956 g/mol. The molecule has 3 heterocycles. The molecule has 9 aromatic rings. The van der Waals surface area contributed by atoms with Gasteiger partial charge in [-0.15, -0.1) is 0 Å². The molecule has 0 aromatic heterocycles. The van der Waals surface area contributed by atoms with Crippen molar-refractivity contribution in [2.24, 2.45) is 0 Å². The first-order chi connectivity index (χ1) is 36.0. The molecule has 9 aromatic carbocycles. The molecule has 0 fully saturated rings. The van der Waals surface area contributed by atoms with Crippen molar-refractivity contribution >= 4 is 61.9 Å². The van der Waals surface area contributed by atoms with Crippen LogP contribution in [0.2, 0.25) is 0 Å². The molecule has 0 saturated heterocycles. The highest BCUT2D eigenvalue weighted by atomic mass is 15.2. The van der Waals surface area contributed by atoms with Gasteiger partial charge in [0.05, 0.1) is 23.1 Å². The first kappa shape index (κ1) is 44.6. The van der Waals surface area contributed by atoms with Crippen LogP contribution in [0.3, 0.4) is 0 Å². The normalized spacial score (nSPS) is 17.7. The second kappa shape index (κ2) is 16.4. The van der Waals surface area contributed by atoms with E-state index in [4.69, 9.17) is 0 Å². The molecular weight excluding hydrogens is 895 g/mol. The molecule has 0 amide bonds. The Morgan fingerprint density at radius 3 is 1.66 bits per heavy atom. The molecule has 14 rings (SSSR count). The number of allylic oxidation sites excluding steroid dienone is 3. The molecule has 3 heteroatoms. The summed E-state index contributed by atoms with van der Waals surface area (Å²) in [6, 6.07) is 73.0. The molecule has 0 bridgehead atoms. The molecule has 74 heavy (non-hydrogen) atoms. The van der Waals surface area contributed by atoms with Crippen LogP contribution < -0.4 is 14.7 Å². The maximum atomic E-state index is 2.70. The zero-order valence-electron chi connectivity index (χ0n) is 43.3. The van der Waals surface area contributed by atoms with Crippen molar-refractivity contribution in [3.05, 3.63) is 268 Å². The van der Waals surface area contributed by atoms with Gasteiger partial charge in [-0.25, -0.2) is 0 Å². The van der Waals surface area contributed by atoms with Crippen molar-refractivity contribution in [2.75, 3.05) is 14.7 Å². The van der Waals surface area contributed by atoms with E-state index in [2.05, 4.69) is 275 Å². The third-order valence-corrected chi connectivity index (χ3v) is 17.5. The molecule has 2 aliphatic carbocycles. The Kier molecular flexibility index (Phi) is 9.89. The van der Waals surface area contributed by atoms with E-state index in [1.54, 1.807) is 0 Å². The molecule has 0 radical (unpaired) electrons. The maximum absolute atomic E-state index is 2.70. The minimum atomic E-state index is -0.308. The van der Waals surface area contributed by atoms with Gasteiger partial charge in [0.15, 0.2) is 0 Å². The van der Waals surface area contributed by atoms with E-state index < -0.39 is 0 Å². The fourth-order valence-corrected chi connectivity index (χ4v) is 13.6. The summed E-state index contributed by atoms with van der Waals surface area (Å²) in [5.41, 5.74) is 25.5.